The third-order valence-corrected chi connectivity index (χ3v) is 8.60. The van der Waals surface area contributed by atoms with Crippen molar-refractivity contribution in [3.8, 4) is 11.4 Å². The molecule has 0 atom stereocenters. The number of nitrogens with zero attached hydrogens (tertiary/aromatic N) is 3. The Morgan fingerprint density at radius 2 is 0.700 bits per heavy atom. The van der Waals surface area contributed by atoms with E-state index in [1.54, 1.807) is 0 Å². The summed E-state index contributed by atoms with van der Waals surface area (Å²) in [5.41, 5.74) is 9.81. The lowest BCUT2D eigenvalue weighted by Crippen LogP contribution is -1.96. The molecule has 0 aliphatic heterocycles. The molecule has 0 fully saturated rings. The molecule has 40 heavy (non-hydrogen) atoms. The van der Waals surface area contributed by atoms with Crippen LogP contribution in [0.2, 0.25) is 0 Å². The second-order valence-corrected chi connectivity index (χ2v) is 10.6. The number of hydrogen-bond acceptors (Lipinski definition) is 0. The van der Waals surface area contributed by atoms with Crippen LogP contribution >= 0.6 is 0 Å². The van der Waals surface area contributed by atoms with Crippen molar-refractivity contribution in [3.63, 3.8) is 0 Å². The van der Waals surface area contributed by atoms with Crippen molar-refractivity contribution in [2.24, 2.45) is 7.05 Å². The molecule has 9 rings (SSSR count). The molecule has 6 aromatic carbocycles. The van der Waals surface area contributed by atoms with Crippen LogP contribution in [0.3, 0.4) is 0 Å². The van der Waals surface area contributed by atoms with Gasteiger partial charge in [-0.05, 0) is 42.5 Å². The van der Waals surface area contributed by atoms with E-state index in [0.29, 0.717) is 0 Å². The van der Waals surface area contributed by atoms with E-state index in [9.17, 15) is 0 Å². The van der Waals surface area contributed by atoms with E-state index in [-0.39, 0.29) is 0 Å². The molecule has 0 aliphatic rings. The van der Waals surface area contributed by atoms with Crippen molar-refractivity contribution in [2.75, 3.05) is 0 Å². The van der Waals surface area contributed by atoms with Crippen LogP contribution in [0.25, 0.3) is 76.8 Å². The van der Waals surface area contributed by atoms with Gasteiger partial charge in [0, 0.05) is 56.3 Å². The van der Waals surface area contributed by atoms with Gasteiger partial charge in [0.15, 0.2) is 0 Å². The van der Waals surface area contributed by atoms with Crippen LogP contribution in [0.15, 0.2) is 133 Å². The Kier molecular flexibility index (Phi) is 4.26. The average molecular weight is 512 g/mol. The minimum absolute atomic E-state index is 1.17. The van der Waals surface area contributed by atoms with Crippen molar-refractivity contribution in [1.29, 1.82) is 0 Å². The number of benzene rings is 6. The van der Waals surface area contributed by atoms with Crippen molar-refractivity contribution < 1.29 is 0 Å². The lowest BCUT2D eigenvalue weighted by Gasteiger charge is -2.12. The summed E-state index contributed by atoms with van der Waals surface area (Å²) < 4.78 is 7.36. The first-order valence-corrected chi connectivity index (χ1v) is 13.8. The number of fused-ring (bicyclic) bond motifs is 12. The topological polar surface area (TPSA) is 14.8 Å². The predicted molar refractivity (Wildman–Crippen MR) is 169 cm³/mol. The summed E-state index contributed by atoms with van der Waals surface area (Å²) in [6, 6.07) is 48.2. The minimum Gasteiger partial charge on any atom is -0.343 e. The highest BCUT2D eigenvalue weighted by Gasteiger charge is 2.27. The molecule has 9 aromatic rings. The van der Waals surface area contributed by atoms with E-state index < -0.39 is 0 Å². The van der Waals surface area contributed by atoms with E-state index in [0.717, 1.165) is 0 Å². The van der Waals surface area contributed by atoms with Crippen molar-refractivity contribution in [3.05, 3.63) is 133 Å². The summed E-state index contributed by atoms with van der Waals surface area (Å²) >= 11 is 0. The molecule has 0 bridgehead atoms. The van der Waals surface area contributed by atoms with Crippen LogP contribution in [-0.4, -0.2) is 13.7 Å². The van der Waals surface area contributed by atoms with Crippen LogP contribution in [0.4, 0.5) is 0 Å². The molecule has 0 saturated heterocycles. The molecule has 0 N–H and O–H groups in total. The largest absolute Gasteiger partial charge is 0.343 e. The van der Waals surface area contributed by atoms with Crippen molar-refractivity contribution in [2.45, 2.75) is 0 Å². The summed E-state index contributed by atoms with van der Waals surface area (Å²) in [6.07, 6.45) is 0. The predicted octanol–water partition coefficient (Wildman–Crippen LogP) is 9.53. The monoisotopic (exact) mass is 511 g/mol. The summed E-state index contributed by atoms with van der Waals surface area (Å²) in [6.45, 7) is 0. The molecule has 3 heteroatoms. The fourth-order valence-electron chi connectivity index (χ4n) is 7.05. The van der Waals surface area contributed by atoms with Crippen molar-refractivity contribution in [1.82, 2.24) is 13.7 Å². The Morgan fingerprint density at radius 3 is 1.18 bits per heavy atom. The lowest BCUT2D eigenvalue weighted by atomic mass is 10.0. The van der Waals surface area contributed by atoms with Gasteiger partial charge in [-0.15, -0.1) is 0 Å². The van der Waals surface area contributed by atoms with Gasteiger partial charge < -0.3 is 13.7 Å². The smallest absolute Gasteiger partial charge is 0.0662 e. The Hall–Kier alpha value is -5.28. The highest BCUT2D eigenvalue weighted by Crippen LogP contribution is 2.49. The van der Waals surface area contributed by atoms with Gasteiger partial charge in [0.25, 0.3) is 0 Å². The number of hydrogen-bond donors (Lipinski definition) is 0. The zero-order chi connectivity index (χ0) is 26.4. The molecule has 0 saturated carbocycles. The normalized spacial score (nSPS) is 12.1. The molecule has 3 aromatic heterocycles. The molecule has 188 valence electrons. The fourth-order valence-corrected chi connectivity index (χ4v) is 7.05. The number of aryl methyl sites for hydroxylation is 1. The third kappa shape index (κ3) is 2.64. The number of aromatic nitrogens is 3. The summed E-state index contributed by atoms with van der Waals surface area (Å²) in [5.74, 6) is 0. The molecular weight excluding hydrogens is 486 g/mol. The van der Waals surface area contributed by atoms with E-state index in [2.05, 4.69) is 154 Å². The maximum Gasteiger partial charge on any atom is 0.0662 e. The molecule has 0 radical (unpaired) electrons. The second kappa shape index (κ2) is 7.87. The van der Waals surface area contributed by atoms with Gasteiger partial charge in [0.05, 0.1) is 27.6 Å². The fraction of sp³-hybridized carbons (Fsp3) is 0.0270. The molecular formula is C37H25N3. The molecule has 0 aliphatic carbocycles. The van der Waals surface area contributed by atoms with Gasteiger partial charge in [-0.3, -0.25) is 0 Å². The number of para-hydroxylation sites is 5. The maximum absolute atomic E-state index is 2.48. The van der Waals surface area contributed by atoms with E-state index >= 15 is 0 Å². The molecule has 0 amide bonds. The van der Waals surface area contributed by atoms with Gasteiger partial charge in [0.2, 0.25) is 0 Å². The highest BCUT2D eigenvalue weighted by atomic mass is 15.0. The molecule has 3 heterocycles. The molecule has 3 nitrogen and oxygen atoms in total. The average Bonchev–Trinajstić information content (AvgIpc) is 3.64. The van der Waals surface area contributed by atoms with Gasteiger partial charge in [-0.1, -0.05) is 91.0 Å². The first kappa shape index (κ1) is 21.6. The highest BCUT2D eigenvalue weighted by molar-refractivity contribution is 6.40. The molecule has 0 unspecified atom stereocenters. The molecule has 0 spiro atoms. The second-order valence-electron chi connectivity index (χ2n) is 10.6. The first-order chi connectivity index (χ1) is 19.8. The summed E-state index contributed by atoms with van der Waals surface area (Å²) in [4.78, 5) is 0. The Balaban J connectivity index is 1.72. The Bertz CT molecular complexity index is 2350. The number of rotatable bonds is 2. The van der Waals surface area contributed by atoms with Crippen LogP contribution in [0.1, 0.15) is 0 Å². The van der Waals surface area contributed by atoms with E-state index in [1.165, 1.54) is 76.8 Å². The zero-order valence-electron chi connectivity index (χ0n) is 22.0. The van der Waals surface area contributed by atoms with Crippen LogP contribution in [-0.2, 0) is 7.05 Å². The lowest BCUT2D eigenvalue weighted by molar-refractivity contribution is 1.02. The van der Waals surface area contributed by atoms with E-state index in [4.69, 9.17) is 0 Å². The Morgan fingerprint density at radius 1 is 0.350 bits per heavy atom. The van der Waals surface area contributed by atoms with Gasteiger partial charge in [0.1, 0.15) is 0 Å². The van der Waals surface area contributed by atoms with Crippen LogP contribution in [0.5, 0.6) is 0 Å². The summed E-state index contributed by atoms with van der Waals surface area (Å²) in [5, 5.41) is 7.71. The van der Waals surface area contributed by atoms with Gasteiger partial charge in [-0.2, -0.15) is 0 Å². The quantitative estimate of drug-likeness (QED) is 0.219. The summed E-state index contributed by atoms with van der Waals surface area (Å²) in [7, 11) is 2.22. The first-order valence-electron chi connectivity index (χ1n) is 13.8. The Labute approximate surface area is 230 Å². The SMILES string of the molecule is Cn1c2ccccc2c2c1c1c3ccccc3n(-c3ccccc3)c1c1c3ccccc3n(-c3ccccc3)c21. The van der Waals surface area contributed by atoms with Gasteiger partial charge in [-0.25, -0.2) is 0 Å². The van der Waals surface area contributed by atoms with Crippen molar-refractivity contribution >= 4 is 65.4 Å². The van der Waals surface area contributed by atoms with Crippen LogP contribution in [0, 0.1) is 0 Å². The minimum atomic E-state index is 1.17. The third-order valence-electron chi connectivity index (χ3n) is 8.60. The van der Waals surface area contributed by atoms with E-state index in [1.807, 2.05) is 0 Å². The zero-order valence-corrected chi connectivity index (χ0v) is 22.0. The standard InChI is InChI=1S/C37H25N3/c1-38-29-21-11-8-18-26(29)32-35(38)33-27-19-9-12-22-30(27)39(24-14-4-2-5-15-24)37(33)34-28-20-10-13-23-31(28)40(36(32)34)25-16-6-3-7-17-25/h2-23H,1H3. The van der Waals surface area contributed by atoms with Gasteiger partial charge >= 0.3 is 0 Å². The maximum atomic E-state index is 2.48. The van der Waals surface area contributed by atoms with Crippen LogP contribution < -0.4 is 0 Å².